The maximum absolute atomic E-state index is 14.0. The number of aromatic nitrogens is 2. The van der Waals surface area contributed by atoms with Crippen LogP contribution in [0.1, 0.15) is 132 Å². The molecule has 0 saturated heterocycles. The molecule has 288 valence electrons. The van der Waals surface area contributed by atoms with Gasteiger partial charge in [-0.25, -0.2) is 4.98 Å². The number of esters is 1. The van der Waals surface area contributed by atoms with E-state index in [9.17, 15) is 24.6 Å². The molecule has 11 atom stereocenters. The Labute approximate surface area is 310 Å². The van der Waals surface area contributed by atoms with Crippen LogP contribution in [0.5, 0.6) is 0 Å². The summed E-state index contributed by atoms with van der Waals surface area (Å²) >= 11 is 0. The minimum atomic E-state index is -0.828. The number of fused-ring (bicyclic) bond motifs is 7. The van der Waals surface area contributed by atoms with Gasteiger partial charge in [-0.05, 0) is 109 Å². The summed E-state index contributed by atoms with van der Waals surface area (Å²) in [5.41, 5.74) is 1.11. The van der Waals surface area contributed by atoms with E-state index in [-0.39, 0.29) is 57.3 Å². The zero-order valence-electron chi connectivity index (χ0n) is 33.2. The standard InChI is InChI=1S/C43H65N3O6/c1-24(2)34-28(47)21-43(31(48)22-44-23-33-45-18-19-46-33)17-16-41(8)25(35(34)43)10-11-30-40(7)14-13-32(39(5,6)29(40)12-15-42(30,41)9)52-37(51)27-20-26(36(49)50)38(27,3)4/h18-19,24-27,29-32,44,48H,10-17,20-23H2,1-9H3,(H,45,46)(H,49,50)/t25-,26+,27-,29+,30-,31+,32+,40+,41-,42-,43+/m1/s1. The van der Waals surface area contributed by atoms with E-state index in [1.807, 2.05) is 20.0 Å². The second kappa shape index (κ2) is 12.5. The minimum absolute atomic E-state index is 0.00124. The van der Waals surface area contributed by atoms with Crippen molar-refractivity contribution in [2.45, 2.75) is 145 Å². The third-order valence-corrected chi connectivity index (χ3v) is 17.4. The Kier molecular flexibility index (Phi) is 9.09. The molecule has 1 aromatic heterocycles. The van der Waals surface area contributed by atoms with E-state index >= 15 is 0 Å². The molecular formula is C43H65N3O6. The Morgan fingerprint density at radius 1 is 0.942 bits per heavy atom. The lowest BCUT2D eigenvalue weighted by atomic mass is 9.33. The number of nitrogens with one attached hydrogen (secondary N) is 2. The number of carboxylic acid groups (broad SMARTS) is 1. The minimum Gasteiger partial charge on any atom is -0.481 e. The van der Waals surface area contributed by atoms with Gasteiger partial charge in [0.2, 0.25) is 0 Å². The van der Waals surface area contributed by atoms with Crippen LogP contribution in [0.4, 0.5) is 0 Å². The van der Waals surface area contributed by atoms with Crippen molar-refractivity contribution in [1.82, 2.24) is 15.3 Å². The highest BCUT2D eigenvalue weighted by Gasteiger charge is 2.71. The van der Waals surface area contributed by atoms with E-state index in [1.54, 1.807) is 6.20 Å². The van der Waals surface area contributed by atoms with Crippen molar-refractivity contribution in [2.24, 2.45) is 68.0 Å². The number of hydrogen-bond donors (Lipinski definition) is 4. The van der Waals surface area contributed by atoms with Gasteiger partial charge in [0, 0.05) is 36.2 Å². The normalized spacial score (nSPS) is 42.4. The second-order valence-electron chi connectivity index (χ2n) is 20.3. The first-order valence-electron chi connectivity index (χ1n) is 20.3. The molecule has 6 aliphatic carbocycles. The summed E-state index contributed by atoms with van der Waals surface area (Å²) in [6.07, 6.45) is 11.4. The molecule has 0 aromatic carbocycles. The zero-order chi connectivity index (χ0) is 37.8. The first-order valence-corrected chi connectivity index (χ1v) is 20.3. The molecule has 4 N–H and O–H groups in total. The smallest absolute Gasteiger partial charge is 0.309 e. The number of allylic oxidation sites excluding steroid dienone is 1. The van der Waals surface area contributed by atoms with Gasteiger partial charge in [0.05, 0.1) is 24.5 Å². The highest BCUT2D eigenvalue weighted by molar-refractivity contribution is 6.00. The number of carbonyl (C=O) groups is 3. The Morgan fingerprint density at radius 2 is 1.67 bits per heavy atom. The number of aliphatic hydroxyl groups excluding tert-OH is 1. The van der Waals surface area contributed by atoms with Crippen LogP contribution in [-0.2, 0) is 25.7 Å². The van der Waals surface area contributed by atoms with Crippen molar-refractivity contribution in [1.29, 1.82) is 0 Å². The van der Waals surface area contributed by atoms with Crippen LogP contribution in [0.2, 0.25) is 0 Å². The van der Waals surface area contributed by atoms with E-state index in [2.05, 4.69) is 63.8 Å². The number of H-pyrrole nitrogens is 1. The van der Waals surface area contributed by atoms with Gasteiger partial charge in [0.15, 0.2) is 5.78 Å². The van der Waals surface area contributed by atoms with E-state index < -0.39 is 28.8 Å². The average Bonchev–Trinajstić information content (AvgIpc) is 3.68. The summed E-state index contributed by atoms with van der Waals surface area (Å²) in [6, 6.07) is 0. The molecule has 0 unspecified atom stereocenters. The van der Waals surface area contributed by atoms with Crippen LogP contribution in [0.15, 0.2) is 23.5 Å². The van der Waals surface area contributed by atoms with Crippen molar-refractivity contribution in [2.75, 3.05) is 6.54 Å². The Bertz CT molecular complexity index is 1630. The number of hydrogen-bond acceptors (Lipinski definition) is 7. The van der Waals surface area contributed by atoms with Gasteiger partial charge in [-0.15, -0.1) is 0 Å². The third kappa shape index (κ3) is 5.20. The van der Waals surface area contributed by atoms with Crippen LogP contribution in [0.3, 0.4) is 0 Å². The number of imidazole rings is 1. The lowest BCUT2D eigenvalue weighted by molar-refractivity contribution is -0.238. The van der Waals surface area contributed by atoms with Crippen molar-refractivity contribution < 1.29 is 29.3 Å². The van der Waals surface area contributed by atoms with Crippen LogP contribution < -0.4 is 5.32 Å². The van der Waals surface area contributed by atoms with Crippen LogP contribution in [0.25, 0.3) is 0 Å². The Hall–Kier alpha value is -2.52. The first kappa shape index (κ1) is 37.8. The number of carbonyl (C=O) groups excluding carboxylic acids is 2. The highest BCUT2D eigenvalue weighted by Crippen LogP contribution is 2.77. The van der Waals surface area contributed by atoms with Crippen molar-refractivity contribution in [3.8, 4) is 0 Å². The molecule has 0 aliphatic heterocycles. The van der Waals surface area contributed by atoms with Gasteiger partial charge >= 0.3 is 11.9 Å². The number of Topliss-reactive ketones (excluding diaryl/α,β-unsaturated/α-hetero) is 1. The van der Waals surface area contributed by atoms with Crippen LogP contribution in [0, 0.1) is 68.0 Å². The number of carboxylic acids is 1. The van der Waals surface area contributed by atoms with Crippen molar-refractivity contribution in [3.63, 3.8) is 0 Å². The number of aliphatic carboxylic acids is 1. The van der Waals surface area contributed by atoms with Gasteiger partial charge in [-0.1, -0.05) is 67.9 Å². The maximum atomic E-state index is 14.0. The van der Waals surface area contributed by atoms with Gasteiger partial charge in [0.25, 0.3) is 0 Å². The average molecular weight is 720 g/mol. The molecule has 0 bridgehead atoms. The molecule has 5 saturated carbocycles. The Morgan fingerprint density at radius 3 is 2.31 bits per heavy atom. The lowest BCUT2D eigenvalue weighted by Gasteiger charge is -2.72. The zero-order valence-corrected chi connectivity index (χ0v) is 33.2. The molecule has 0 amide bonds. The van der Waals surface area contributed by atoms with Crippen LogP contribution in [-0.4, -0.2) is 56.7 Å². The predicted octanol–water partition coefficient (Wildman–Crippen LogP) is 7.50. The molecular weight excluding hydrogens is 654 g/mol. The van der Waals surface area contributed by atoms with E-state index in [0.717, 1.165) is 62.8 Å². The summed E-state index contributed by atoms with van der Waals surface area (Å²) in [5, 5.41) is 25.1. The summed E-state index contributed by atoms with van der Waals surface area (Å²) in [6.45, 7) is 21.3. The number of nitrogens with zero attached hydrogens (tertiary/aromatic N) is 1. The number of ether oxygens (including phenoxy) is 1. The Balaban J connectivity index is 1.13. The predicted molar refractivity (Wildman–Crippen MR) is 199 cm³/mol. The fraction of sp³-hybridized carbons (Fsp3) is 0.814. The van der Waals surface area contributed by atoms with Crippen molar-refractivity contribution in [3.05, 3.63) is 29.4 Å². The summed E-state index contributed by atoms with van der Waals surface area (Å²) in [4.78, 5) is 46.8. The fourth-order valence-electron chi connectivity index (χ4n) is 14.2. The molecule has 5 fully saturated rings. The van der Waals surface area contributed by atoms with Gasteiger partial charge < -0.3 is 25.3 Å². The maximum Gasteiger partial charge on any atom is 0.309 e. The lowest BCUT2D eigenvalue weighted by Crippen LogP contribution is -2.66. The largest absolute Gasteiger partial charge is 0.481 e. The first-order chi connectivity index (χ1) is 24.3. The number of ketones is 1. The summed E-state index contributed by atoms with van der Waals surface area (Å²) in [7, 11) is 0. The number of rotatable bonds is 9. The second-order valence-corrected chi connectivity index (χ2v) is 20.3. The van der Waals surface area contributed by atoms with Gasteiger partial charge in [-0.3, -0.25) is 14.4 Å². The molecule has 6 aliphatic rings. The molecule has 9 heteroatoms. The van der Waals surface area contributed by atoms with Gasteiger partial charge in [-0.2, -0.15) is 0 Å². The quantitative estimate of drug-likeness (QED) is 0.192. The highest BCUT2D eigenvalue weighted by atomic mass is 16.5. The molecule has 9 nitrogen and oxygen atoms in total. The monoisotopic (exact) mass is 719 g/mol. The molecule has 52 heavy (non-hydrogen) atoms. The molecule has 1 heterocycles. The van der Waals surface area contributed by atoms with Crippen molar-refractivity contribution >= 4 is 17.7 Å². The molecule has 0 spiro atoms. The SMILES string of the molecule is CC(C)C1=C2[C@H]3CC[C@@H]4[C@@]5(C)CC[C@H](OC(=O)[C@H]6C[C@@H](C(=O)O)C6(C)C)C(C)(C)[C@@H]5CC[C@@]4(C)[C@]3(C)CC[C@@]2([C@@H](O)CNCc2ncc[nH]2)CC1=O. The van der Waals surface area contributed by atoms with E-state index in [0.29, 0.717) is 37.8 Å². The third-order valence-electron chi connectivity index (χ3n) is 17.4. The fourth-order valence-corrected chi connectivity index (χ4v) is 14.2. The molecule has 1 aromatic rings. The topological polar surface area (TPSA) is 142 Å². The van der Waals surface area contributed by atoms with Crippen LogP contribution >= 0.6 is 0 Å². The van der Waals surface area contributed by atoms with E-state index in [1.165, 1.54) is 5.57 Å². The summed E-state index contributed by atoms with van der Waals surface area (Å²) < 4.78 is 6.41. The summed E-state index contributed by atoms with van der Waals surface area (Å²) in [5.74, 6) is 0.424. The number of aromatic amines is 1. The van der Waals surface area contributed by atoms with Gasteiger partial charge in [0.1, 0.15) is 11.9 Å². The number of aliphatic hydroxyl groups is 1. The molecule has 0 radical (unpaired) electrons. The van der Waals surface area contributed by atoms with E-state index in [4.69, 9.17) is 4.74 Å². The molecule has 7 rings (SSSR count).